The second-order valence-corrected chi connectivity index (χ2v) is 13.9. The molecule has 1 amide bonds. The summed E-state index contributed by atoms with van der Waals surface area (Å²) in [4.78, 5) is 56.5. The van der Waals surface area contributed by atoms with Crippen molar-refractivity contribution < 1.29 is 9.59 Å². The van der Waals surface area contributed by atoms with Crippen LogP contribution in [0.1, 0.15) is 80.2 Å². The zero-order valence-electron chi connectivity index (χ0n) is 27.9. The smallest absolute Gasteiger partial charge is 0.324 e. The van der Waals surface area contributed by atoms with Gasteiger partial charge < -0.3 is 5.32 Å². The SMILES string of the molecule is CC(C)(C)c1ccc(Cn2c(=O)n(C(C(=O)Nc3ccccc3)C(=O)c3ccccc3)c(=O)n2Cc2ccc(C(C)(C)C)cc2)cc1. The van der Waals surface area contributed by atoms with Crippen molar-refractivity contribution in [2.24, 2.45) is 0 Å². The summed E-state index contributed by atoms with van der Waals surface area (Å²) in [5.74, 6) is -1.44. The third-order valence-electron chi connectivity index (χ3n) is 8.30. The molecule has 0 fully saturated rings. The molecule has 5 aromatic rings. The number of anilines is 1. The van der Waals surface area contributed by atoms with E-state index in [1.54, 1.807) is 60.7 Å². The molecule has 5 rings (SSSR count). The fourth-order valence-corrected chi connectivity index (χ4v) is 5.48. The highest BCUT2D eigenvalue weighted by atomic mass is 16.2. The molecule has 4 aromatic carbocycles. The zero-order chi connectivity index (χ0) is 33.9. The average molecular weight is 631 g/mol. The highest BCUT2D eigenvalue weighted by Gasteiger charge is 2.35. The van der Waals surface area contributed by atoms with E-state index in [2.05, 4.69) is 46.9 Å². The first-order chi connectivity index (χ1) is 22.2. The maximum Gasteiger partial charge on any atom is 0.348 e. The van der Waals surface area contributed by atoms with Crippen LogP contribution in [0.15, 0.2) is 119 Å². The first-order valence-corrected chi connectivity index (χ1v) is 15.8. The Kier molecular flexibility index (Phi) is 9.33. The standard InChI is InChI=1S/C39H42N4O4/c1-38(2,3)30-21-17-27(18-22-30)25-41-36(46)43(37(47)42(41)26-28-19-23-31(24-20-28)39(4,5)6)33(34(44)29-13-9-7-10-14-29)35(45)40-32-15-11-8-12-16-32/h7-24,33H,25-26H2,1-6H3,(H,40,45). The molecule has 0 aliphatic rings. The van der Waals surface area contributed by atoms with Gasteiger partial charge in [0.05, 0.1) is 13.1 Å². The fourth-order valence-electron chi connectivity index (χ4n) is 5.48. The number of nitrogens with zero attached hydrogens (tertiary/aromatic N) is 3. The predicted molar refractivity (Wildman–Crippen MR) is 186 cm³/mol. The van der Waals surface area contributed by atoms with E-state index < -0.39 is 29.1 Å². The average Bonchev–Trinajstić information content (AvgIpc) is 3.25. The fraction of sp³-hybridized carbons (Fsp3) is 0.282. The molecule has 0 saturated heterocycles. The van der Waals surface area contributed by atoms with Gasteiger partial charge in [0.1, 0.15) is 0 Å². The van der Waals surface area contributed by atoms with Gasteiger partial charge in [-0.2, -0.15) is 0 Å². The lowest BCUT2D eigenvalue weighted by Crippen LogP contribution is -2.43. The zero-order valence-corrected chi connectivity index (χ0v) is 27.9. The van der Waals surface area contributed by atoms with Crippen molar-refractivity contribution in [3.8, 4) is 0 Å². The number of amides is 1. The number of hydrogen-bond acceptors (Lipinski definition) is 4. The largest absolute Gasteiger partial charge is 0.348 e. The first kappa shape index (κ1) is 33.1. The summed E-state index contributed by atoms with van der Waals surface area (Å²) in [5, 5.41) is 2.74. The summed E-state index contributed by atoms with van der Waals surface area (Å²) < 4.78 is 3.45. The molecule has 1 atom stereocenters. The van der Waals surface area contributed by atoms with E-state index in [1.165, 1.54) is 9.36 Å². The van der Waals surface area contributed by atoms with Crippen molar-refractivity contribution in [1.29, 1.82) is 0 Å². The minimum Gasteiger partial charge on any atom is -0.324 e. The summed E-state index contributed by atoms with van der Waals surface area (Å²) in [6.07, 6.45) is 0. The van der Waals surface area contributed by atoms with Crippen LogP contribution in [0.4, 0.5) is 5.69 Å². The molecule has 1 aromatic heterocycles. The van der Waals surface area contributed by atoms with Crippen LogP contribution in [0.25, 0.3) is 0 Å². The summed E-state index contributed by atoms with van der Waals surface area (Å²) in [6, 6.07) is 30.9. The number of carbonyl (C=O) groups excluding carboxylic acids is 2. The molecular formula is C39H42N4O4. The molecular weight excluding hydrogens is 588 g/mol. The van der Waals surface area contributed by atoms with Gasteiger partial charge in [0.25, 0.3) is 5.91 Å². The molecule has 47 heavy (non-hydrogen) atoms. The summed E-state index contributed by atoms with van der Waals surface area (Å²) in [7, 11) is 0. The molecule has 0 radical (unpaired) electrons. The second-order valence-electron chi connectivity index (χ2n) is 13.9. The first-order valence-electron chi connectivity index (χ1n) is 15.8. The minimum atomic E-state index is -1.74. The third kappa shape index (κ3) is 7.43. The third-order valence-corrected chi connectivity index (χ3v) is 8.30. The number of aromatic nitrogens is 3. The summed E-state index contributed by atoms with van der Waals surface area (Å²) in [6.45, 7) is 12.9. The van der Waals surface area contributed by atoms with Crippen LogP contribution in [0.3, 0.4) is 0 Å². The predicted octanol–water partition coefficient (Wildman–Crippen LogP) is 6.57. The van der Waals surface area contributed by atoms with Crippen LogP contribution in [0.2, 0.25) is 0 Å². The highest BCUT2D eigenvalue weighted by molar-refractivity contribution is 6.15. The van der Waals surface area contributed by atoms with Crippen LogP contribution < -0.4 is 16.7 Å². The van der Waals surface area contributed by atoms with Crippen LogP contribution in [0, 0.1) is 0 Å². The Labute approximate surface area is 275 Å². The molecule has 0 aliphatic heterocycles. The van der Waals surface area contributed by atoms with Crippen molar-refractivity contribution in [3.63, 3.8) is 0 Å². The van der Waals surface area contributed by atoms with E-state index in [9.17, 15) is 19.2 Å². The van der Waals surface area contributed by atoms with Gasteiger partial charge in [-0.3, -0.25) is 9.59 Å². The van der Waals surface area contributed by atoms with Gasteiger partial charge in [-0.1, -0.05) is 139 Å². The van der Waals surface area contributed by atoms with Gasteiger partial charge in [0.2, 0.25) is 0 Å². The van der Waals surface area contributed by atoms with Crippen molar-refractivity contribution in [2.75, 3.05) is 5.32 Å². The van der Waals surface area contributed by atoms with Crippen molar-refractivity contribution in [3.05, 3.63) is 158 Å². The Hall–Kier alpha value is -5.24. The Bertz CT molecular complexity index is 1880. The normalized spacial score (nSPS) is 12.5. The molecule has 242 valence electrons. The lowest BCUT2D eigenvalue weighted by molar-refractivity contribution is -0.118. The number of nitrogens with one attached hydrogen (secondary N) is 1. The number of Topliss-reactive ketones (excluding diaryl/α,β-unsaturated/α-hetero) is 1. The maximum atomic E-state index is 14.3. The second kappa shape index (κ2) is 13.2. The van der Waals surface area contributed by atoms with E-state index >= 15 is 0 Å². The van der Waals surface area contributed by atoms with Gasteiger partial charge in [-0.25, -0.2) is 23.5 Å². The Morgan fingerprint density at radius 1 is 0.596 bits per heavy atom. The van der Waals surface area contributed by atoms with E-state index in [4.69, 9.17) is 0 Å². The summed E-state index contributed by atoms with van der Waals surface area (Å²) >= 11 is 0. The molecule has 0 spiro atoms. The van der Waals surface area contributed by atoms with Crippen LogP contribution >= 0.6 is 0 Å². The number of rotatable bonds is 9. The van der Waals surface area contributed by atoms with Gasteiger partial charge in [-0.15, -0.1) is 0 Å². The van der Waals surface area contributed by atoms with Gasteiger partial charge in [-0.05, 0) is 45.2 Å². The van der Waals surface area contributed by atoms with Crippen LogP contribution in [-0.2, 0) is 28.7 Å². The van der Waals surface area contributed by atoms with E-state index in [0.717, 1.165) is 26.8 Å². The van der Waals surface area contributed by atoms with E-state index in [1.807, 2.05) is 48.5 Å². The van der Waals surface area contributed by atoms with Gasteiger partial charge in [0.15, 0.2) is 11.8 Å². The number of para-hydroxylation sites is 1. The Morgan fingerprint density at radius 3 is 1.40 bits per heavy atom. The Balaban J connectivity index is 1.65. The molecule has 8 heteroatoms. The molecule has 0 bridgehead atoms. The molecule has 0 aliphatic carbocycles. The highest BCUT2D eigenvalue weighted by Crippen LogP contribution is 2.24. The van der Waals surface area contributed by atoms with Crippen molar-refractivity contribution in [1.82, 2.24) is 13.9 Å². The van der Waals surface area contributed by atoms with Gasteiger partial charge >= 0.3 is 11.4 Å². The lowest BCUT2D eigenvalue weighted by atomic mass is 9.87. The minimum absolute atomic E-state index is 0.0584. The van der Waals surface area contributed by atoms with Crippen LogP contribution in [0.5, 0.6) is 0 Å². The Morgan fingerprint density at radius 2 is 1.00 bits per heavy atom. The maximum absolute atomic E-state index is 14.3. The number of benzene rings is 4. The van der Waals surface area contributed by atoms with Crippen molar-refractivity contribution >= 4 is 17.4 Å². The number of ketones is 1. The van der Waals surface area contributed by atoms with Gasteiger partial charge in [0, 0.05) is 11.3 Å². The van der Waals surface area contributed by atoms with E-state index in [0.29, 0.717) is 5.69 Å². The number of hydrogen-bond donors (Lipinski definition) is 1. The topological polar surface area (TPSA) is 95.1 Å². The molecule has 1 unspecified atom stereocenters. The monoisotopic (exact) mass is 630 g/mol. The van der Waals surface area contributed by atoms with Crippen LogP contribution in [-0.4, -0.2) is 25.6 Å². The number of carbonyl (C=O) groups is 2. The molecule has 1 heterocycles. The lowest BCUT2D eigenvalue weighted by Gasteiger charge is -2.20. The molecule has 0 saturated carbocycles. The van der Waals surface area contributed by atoms with E-state index in [-0.39, 0.29) is 29.5 Å². The molecule has 1 N–H and O–H groups in total. The molecule has 8 nitrogen and oxygen atoms in total. The summed E-state index contributed by atoms with van der Waals surface area (Å²) in [5.41, 5.74) is 2.90. The quantitative estimate of drug-likeness (QED) is 0.147. The van der Waals surface area contributed by atoms with Crippen molar-refractivity contribution in [2.45, 2.75) is 71.5 Å².